The minimum atomic E-state index is -4.85. The number of rotatable bonds is 14. The maximum absolute atomic E-state index is 15.2. The molecule has 1 N–H and O–H groups in total. The molecule has 0 aromatic heterocycles. The van der Waals surface area contributed by atoms with Crippen LogP contribution in [0.3, 0.4) is 0 Å². The molecule has 11 heteroatoms. The van der Waals surface area contributed by atoms with Gasteiger partial charge in [-0.25, -0.2) is 4.39 Å². The molecule has 0 saturated carbocycles. The van der Waals surface area contributed by atoms with Gasteiger partial charge in [0.1, 0.15) is 0 Å². The van der Waals surface area contributed by atoms with Gasteiger partial charge in [-0.2, -0.15) is 13.2 Å². The van der Waals surface area contributed by atoms with Crippen LogP contribution in [0, 0.1) is 5.82 Å². The Labute approximate surface area is 263 Å². The highest BCUT2D eigenvalue weighted by Gasteiger charge is 2.37. The van der Waals surface area contributed by atoms with Crippen LogP contribution < -0.4 is 5.32 Å². The molecular weight excluding hydrogens is 621 g/mol. The molecule has 3 aromatic carbocycles. The number of alkyl halides is 3. The van der Waals surface area contributed by atoms with E-state index in [1.165, 1.54) is 0 Å². The number of halogens is 6. The molecule has 2 unspecified atom stereocenters. The van der Waals surface area contributed by atoms with Crippen LogP contribution in [-0.2, 0) is 15.7 Å². The van der Waals surface area contributed by atoms with E-state index in [9.17, 15) is 27.6 Å². The fraction of sp³-hybridized carbons (Fsp3) is 0.364. The Hall–Kier alpha value is -3.43. The van der Waals surface area contributed by atoms with Gasteiger partial charge >= 0.3 is 12.1 Å². The first-order valence-electron chi connectivity index (χ1n) is 14.3. The van der Waals surface area contributed by atoms with Gasteiger partial charge in [0.25, 0.3) is 5.91 Å². The van der Waals surface area contributed by atoms with Gasteiger partial charge in [-0.3, -0.25) is 14.4 Å². The third-order valence-electron chi connectivity index (χ3n) is 7.11. The molecular formula is C33H33Cl2F4NO4. The molecule has 0 aliphatic heterocycles. The van der Waals surface area contributed by atoms with Gasteiger partial charge in [0.2, 0.25) is 0 Å². The summed E-state index contributed by atoms with van der Waals surface area (Å²) in [6.45, 7) is 4.28. The molecule has 0 bridgehead atoms. The third-order valence-corrected chi connectivity index (χ3v) is 7.64. The molecule has 44 heavy (non-hydrogen) atoms. The molecule has 1 amide bonds. The summed E-state index contributed by atoms with van der Waals surface area (Å²) in [6.07, 6.45) is -2.17. The van der Waals surface area contributed by atoms with Crippen LogP contribution in [-0.4, -0.2) is 30.8 Å². The molecule has 5 nitrogen and oxygen atoms in total. The molecule has 2 atom stereocenters. The smallest absolute Gasteiger partial charge is 0.416 e. The van der Waals surface area contributed by atoms with Crippen molar-refractivity contribution in [2.24, 2.45) is 0 Å². The van der Waals surface area contributed by atoms with Crippen molar-refractivity contribution in [1.29, 1.82) is 0 Å². The van der Waals surface area contributed by atoms with E-state index in [1.54, 1.807) is 48.5 Å². The minimum absolute atomic E-state index is 0.0209. The number of ether oxygens (including phenoxy) is 1. The highest BCUT2D eigenvalue weighted by Crippen LogP contribution is 2.42. The minimum Gasteiger partial charge on any atom is -0.466 e. The fourth-order valence-electron chi connectivity index (χ4n) is 4.84. The second-order valence-corrected chi connectivity index (χ2v) is 11.2. The lowest BCUT2D eigenvalue weighted by molar-refractivity contribution is -0.143. The van der Waals surface area contributed by atoms with Crippen molar-refractivity contribution in [3.05, 3.63) is 104 Å². The Morgan fingerprint density at radius 2 is 1.55 bits per heavy atom. The summed E-state index contributed by atoms with van der Waals surface area (Å²) in [7, 11) is 0. The maximum Gasteiger partial charge on any atom is 0.416 e. The predicted molar refractivity (Wildman–Crippen MR) is 162 cm³/mol. The number of benzene rings is 3. The third kappa shape index (κ3) is 9.29. The summed E-state index contributed by atoms with van der Waals surface area (Å²) < 4.78 is 61.0. The largest absolute Gasteiger partial charge is 0.466 e. The molecule has 0 aliphatic rings. The number of carbonyl (C=O) groups excluding carboxylic acids is 3. The van der Waals surface area contributed by atoms with E-state index in [4.69, 9.17) is 27.9 Å². The van der Waals surface area contributed by atoms with Gasteiger partial charge in [-0.1, -0.05) is 74.2 Å². The van der Waals surface area contributed by atoms with Gasteiger partial charge in [0, 0.05) is 17.1 Å². The first-order valence-corrected chi connectivity index (χ1v) is 15.0. The number of nitrogens with one attached hydrogen (secondary N) is 1. The molecule has 0 heterocycles. The first-order chi connectivity index (χ1) is 20.9. The Morgan fingerprint density at radius 1 is 0.909 bits per heavy atom. The topological polar surface area (TPSA) is 72.5 Å². The van der Waals surface area contributed by atoms with E-state index in [0.717, 1.165) is 12.8 Å². The summed E-state index contributed by atoms with van der Waals surface area (Å²) in [5.41, 5.74) is -0.657. The predicted octanol–water partition coefficient (Wildman–Crippen LogP) is 9.16. The van der Waals surface area contributed by atoms with E-state index >= 15 is 4.39 Å². The fourth-order valence-corrected chi connectivity index (χ4v) is 5.18. The van der Waals surface area contributed by atoms with Gasteiger partial charge in [0.05, 0.1) is 35.1 Å². The van der Waals surface area contributed by atoms with E-state index in [-0.39, 0.29) is 13.0 Å². The van der Waals surface area contributed by atoms with Crippen molar-refractivity contribution >= 4 is 40.9 Å². The molecule has 0 saturated heterocycles. The van der Waals surface area contributed by atoms with Crippen LogP contribution in [0.25, 0.3) is 0 Å². The van der Waals surface area contributed by atoms with Crippen molar-refractivity contribution < 1.29 is 36.7 Å². The van der Waals surface area contributed by atoms with Crippen LogP contribution in [0.5, 0.6) is 0 Å². The second kappa shape index (κ2) is 16.0. The van der Waals surface area contributed by atoms with Crippen LogP contribution in [0.4, 0.5) is 17.6 Å². The molecule has 0 fully saturated rings. The van der Waals surface area contributed by atoms with E-state index < -0.39 is 57.6 Å². The number of esters is 1. The monoisotopic (exact) mass is 653 g/mol. The molecule has 0 radical (unpaired) electrons. The van der Waals surface area contributed by atoms with E-state index in [2.05, 4.69) is 5.32 Å². The zero-order valence-electron chi connectivity index (χ0n) is 24.3. The van der Waals surface area contributed by atoms with E-state index in [1.807, 2.05) is 13.8 Å². The Kier molecular flexibility index (Phi) is 12.8. The number of hydrogen-bond donors (Lipinski definition) is 1. The SMILES string of the molecule is CCCCOC(=O)CCNC(=O)c1ccc(C(CCC)C(C(=O)c2cc(C(F)(F)F)cc(Cl)c2F)c2ccc(Cl)cc2)cc1. The molecule has 3 rings (SSSR count). The first kappa shape index (κ1) is 35.1. The quantitative estimate of drug-likeness (QED) is 0.0815. The average Bonchev–Trinajstić information content (AvgIpc) is 2.98. The molecule has 0 spiro atoms. The molecule has 3 aromatic rings. The maximum atomic E-state index is 15.2. The second-order valence-electron chi connectivity index (χ2n) is 10.3. The van der Waals surface area contributed by atoms with Crippen molar-refractivity contribution in [2.45, 2.75) is 64.0 Å². The Morgan fingerprint density at radius 3 is 2.14 bits per heavy atom. The summed E-state index contributed by atoms with van der Waals surface area (Å²) in [5.74, 6) is -4.64. The van der Waals surface area contributed by atoms with Crippen molar-refractivity contribution in [3.63, 3.8) is 0 Å². The zero-order chi connectivity index (χ0) is 32.4. The normalized spacial score (nSPS) is 12.8. The summed E-state index contributed by atoms with van der Waals surface area (Å²) >= 11 is 11.9. The average molecular weight is 655 g/mol. The van der Waals surface area contributed by atoms with Crippen molar-refractivity contribution in [1.82, 2.24) is 5.32 Å². The lowest BCUT2D eigenvalue weighted by Gasteiger charge is -2.28. The van der Waals surface area contributed by atoms with Gasteiger partial charge < -0.3 is 10.1 Å². The number of hydrogen-bond acceptors (Lipinski definition) is 4. The van der Waals surface area contributed by atoms with E-state index in [0.29, 0.717) is 53.3 Å². The highest BCUT2D eigenvalue weighted by molar-refractivity contribution is 6.31. The number of amides is 1. The van der Waals surface area contributed by atoms with Crippen LogP contribution >= 0.6 is 23.2 Å². The number of carbonyl (C=O) groups is 3. The van der Waals surface area contributed by atoms with Crippen LogP contribution in [0.2, 0.25) is 10.0 Å². The van der Waals surface area contributed by atoms with Crippen LogP contribution in [0.1, 0.15) is 95.2 Å². The number of Topliss-reactive ketones (excluding diaryl/α,β-unsaturated/α-hetero) is 1. The van der Waals surface area contributed by atoms with Gasteiger partial charge in [-0.05, 0) is 66.3 Å². The standard InChI is InChI=1S/C33H33Cl2F4NO4/c1-3-5-17-44-28(41)15-16-40-32(43)22-9-7-20(8-10-22)25(6-4-2)29(21-11-13-24(34)14-12-21)31(42)26-18-23(33(37,38)39)19-27(35)30(26)36/h7-14,18-19,25,29H,3-6,15-17H2,1-2H3,(H,40,43). The van der Waals surface area contributed by atoms with Gasteiger partial charge in [0.15, 0.2) is 11.6 Å². The molecule has 0 aliphatic carbocycles. The van der Waals surface area contributed by atoms with Crippen molar-refractivity contribution in [3.8, 4) is 0 Å². The lowest BCUT2D eigenvalue weighted by Crippen LogP contribution is -2.26. The Balaban J connectivity index is 1.93. The zero-order valence-corrected chi connectivity index (χ0v) is 25.8. The summed E-state index contributed by atoms with van der Waals surface area (Å²) in [5, 5.41) is 2.23. The Bertz CT molecular complexity index is 1440. The lowest BCUT2D eigenvalue weighted by atomic mass is 9.74. The van der Waals surface area contributed by atoms with Gasteiger partial charge in [-0.15, -0.1) is 0 Å². The number of ketones is 1. The van der Waals surface area contributed by atoms with Crippen molar-refractivity contribution in [2.75, 3.05) is 13.2 Å². The summed E-state index contributed by atoms with van der Waals surface area (Å²) in [6, 6.07) is 13.6. The molecule has 236 valence electrons. The van der Waals surface area contributed by atoms with Crippen LogP contribution in [0.15, 0.2) is 60.7 Å². The highest BCUT2D eigenvalue weighted by atomic mass is 35.5. The number of unbranched alkanes of at least 4 members (excludes halogenated alkanes) is 1. The summed E-state index contributed by atoms with van der Waals surface area (Å²) in [4.78, 5) is 38.5.